The standard InChI is InChI=1S/C8H7Cl3O/c9-5-6-1-3-7(4-2-6)12-8(10)11/h1-4,8H,5H2. The lowest BCUT2D eigenvalue weighted by Crippen LogP contribution is -1.98. The predicted octanol–water partition coefficient (Wildman–Crippen LogP) is 3.57. The summed E-state index contributed by atoms with van der Waals surface area (Å²) in [5, 5.41) is -0.827. The molecule has 0 spiro atoms. The molecule has 0 aromatic heterocycles. The summed E-state index contributed by atoms with van der Waals surface area (Å²) in [4.78, 5) is 0. The van der Waals surface area contributed by atoms with Gasteiger partial charge in [-0.1, -0.05) is 35.3 Å². The average Bonchev–Trinajstić information content (AvgIpc) is 2.05. The lowest BCUT2D eigenvalue weighted by molar-refractivity contribution is 0.354. The molecule has 0 saturated heterocycles. The van der Waals surface area contributed by atoms with Gasteiger partial charge >= 0.3 is 0 Å². The van der Waals surface area contributed by atoms with Gasteiger partial charge in [-0.05, 0) is 17.7 Å². The Hall–Kier alpha value is -0.110. The fraction of sp³-hybridized carbons (Fsp3) is 0.250. The number of hydrogen-bond acceptors (Lipinski definition) is 1. The molecule has 4 heteroatoms. The fourth-order valence-electron chi connectivity index (χ4n) is 0.760. The number of hydrogen-bond donors (Lipinski definition) is 0. The van der Waals surface area contributed by atoms with Crippen LogP contribution in [0.15, 0.2) is 24.3 Å². The lowest BCUT2D eigenvalue weighted by Gasteiger charge is -2.05. The van der Waals surface area contributed by atoms with Crippen molar-refractivity contribution in [2.24, 2.45) is 0 Å². The van der Waals surface area contributed by atoms with E-state index in [0.717, 1.165) is 5.56 Å². The van der Waals surface area contributed by atoms with Crippen molar-refractivity contribution in [3.05, 3.63) is 29.8 Å². The van der Waals surface area contributed by atoms with Gasteiger partial charge in [0.05, 0.1) is 0 Å². The second-order valence-electron chi connectivity index (χ2n) is 2.16. The summed E-state index contributed by atoms with van der Waals surface area (Å²) in [6.07, 6.45) is 0. The van der Waals surface area contributed by atoms with Crippen LogP contribution in [0.25, 0.3) is 0 Å². The van der Waals surface area contributed by atoms with E-state index in [9.17, 15) is 0 Å². The van der Waals surface area contributed by atoms with E-state index in [4.69, 9.17) is 39.5 Å². The van der Waals surface area contributed by atoms with Crippen LogP contribution in [-0.4, -0.2) is 5.02 Å². The predicted molar refractivity (Wildman–Crippen MR) is 52.1 cm³/mol. The molecular formula is C8H7Cl3O. The first-order valence-corrected chi connectivity index (χ1v) is 4.73. The number of halogens is 3. The zero-order chi connectivity index (χ0) is 8.97. The van der Waals surface area contributed by atoms with Crippen LogP contribution in [0, 0.1) is 0 Å². The van der Waals surface area contributed by atoms with Crippen molar-refractivity contribution < 1.29 is 4.74 Å². The summed E-state index contributed by atoms with van der Waals surface area (Å²) in [5.41, 5.74) is 1.03. The zero-order valence-corrected chi connectivity index (χ0v) is 8.40. The topological polar surface area (TPSA) is 9.23 Å². The van der Waals surface area contributed by atoms with Crippen LogP contribution in [0.3, 0.4) is 0 Å². The van der Waals surface area contributed by atoms with Crippen LogP contribution < -0.4 is 4.74 Å². The Labute approximate surface area is 86.2 Å². The van der Waals surface area contributed by atoms with Gasteiger partial charge in [0.1, 0.15) is 5.75 Å². The molecule has 66 valence electrons. The van der Waals surface area contributed by atoms with Gasteiger partial charge in [-0.3, -0.25) is 0 Å². The zero-order valence-electron chi connectivity index (χ0n) is 6.14. The average molecular weight is 226 g/mol. The van der Waals surface area contributed by atoms with Gasteiger partial charge < -0.3 is 4.74 Å². The fourth-order valence-corrected chi connectivity index (χ4v) is 1.14. The van der Waals surface area contributed by atoms with Crippen molar-refractivity contribution in [3.63, 3.8) is 0 Å². The highest BCUT2D eigenvalue weighted by Gasteiger charge is 1.99. The molecule has 0 atom stereocenters. The monoisotopic (exact) mass is 224 g/mol. The Bertz CT molecular complexity index is 233. The smallest absolute Gasteiger partial charge is 0.247 e. The summed E-state index contributed by atoms with van der Waals surface area (Å²) in [6, 6.07) is 7.27. The molecule has 0 aliphatic heterocycles. The molecule has 12 heavy (non-hydrogen) atoms. The molecule has 0 bridgehead atoms. The van der Waals surface area contributed by atoms with Gasteiger partial charge in [0.25, 0.3) is 0 Å². The Balaban J connectivity index is 2.65. The first-order chi connectivity index (χ1) is 5.72. The van der Waals surface area contributed by atoms with Crippen LogP contribution in [0.1, 0.15) is 5.56 Å². The molecule has 0 heterocycles. The van der Waals surface area contributed by atoms with Gasteiger partial charge in [0.15, 0.2) is 0 Å². The highest BCUT2D eigenvalue weighted by atomic mass is 35.5. The van der Waals surface area contributed by atoms with Crippen molar-refractivity contribution in [1.29, 1.82) is 0 Å². The van der Waals surface area contributed by atoms with Crippen molar-refractivity contribution in [2.45, 2.75) is 10.9 Å². The van der Waals surface area contributed by atoms with E-state index in [2.05, 4.69) is 0 Å². The minimum atomic E-state index is -0.827. The van der Waals surface area contributed by atoms with Crippen LogP contribution in [0.2, 0.25) is 0 Å². The van der Waals surface area contributed by atoms with E-state index in [1.807, 2.05) is 12.1 Å². The third-order valence-electron chi connectivity index (χ3n) is 1.30. The quantitative estimate of drug-likeness (QED) is 0.715. The number of benzene rings is 1. The molecule has 0 unspecified atom stereocenters. The maximum absolute atomic E-state index is 5.59. The molecule has 0 fully saturated rings. The van der Waals surface area contributed by atoms with E-state index < -0.39 is 5.02 Å². The maximum Gasteiger partial charge on any atom is 0.247 e. The molecule has 0 aliphatic carbocycles. The Morgan fingerprint density at radius 2 is 1.75 bits per heavy atom. The minimum absolute atomic E-state index is 0.492. The second-order valence-corrected chi connectivity index (χ2v) is 3.44. The summed E-state index contributed by atoms with van der Waals surface area (Å²) < 4.78 is 5.00. The lowest BCUT2D eigenvalue weighted by atomic mass is 10.2. The molecule has 0 radical (unpaired) electrons. The molecule has 0 amide bonds. The molecular weight excluding hydrogens is 218 g/mol. The number of rotatable bonds is 3. The summed E-state index contributed by atoms with van der Waals surface area (Å²) in [7, 11) is 0. The van der Waals surface area contributed by atoms with Crippen molar-refractivity contribution in [2.75, 3.05) is 0 Å². The Morgan fingerprint density at radius 1 is 1.17 bits per heavy atom. The number of alkyl halides is 3. The second kappa shape index (κ2) is 4.80. The van der Waals surface area contributed by atoms with Crippen LogP contribution in [-0.2, 0) is 5.88 Å². The normalized spacial score (nSPS) is 10.3. The summed E-state index contributed by atoms with van der Waals surface area (Å²) >= 11 is 16.4. The van der Waals surface area contributed by atoms with E-state index in [1.54, 1.807) is 12.1 Å². The third-order valence-corrected chi connectivity index (χ3v) is 1.79. The van der Waals surface area contributed by atoms with E-state index in [1.165, 1.54) is 0 Å². The highest BCUT2D eigenvalue weighted by Crippen LogP contribution is 2.17. The molecule has 1 aromatic rings. The minimum Gasteiger partial charge on any atom is -0.461 e. The van der Waals surface area contributed by atoms with E-state index >= 15 is 0 Å². The van der Waals surface area contributed by atoms with Gasteiger partial charge in [0, 0.05) is 5.88 Å². The van der Waals surface area contributed by atoms with Gasteiger partial charge in [-0.2, -0.15) is 0 Å². The van der Waals surface area contributed by atoms with Crippen LogP contribution >= 0.6 is 34.8 Å². The first-order valence-electron chi connectivity index (χ1n) is 3.32. The molecule has 0 saturated carbocycles. The number of ether oxygens (including phenoxy) is 1. The first kappa shape index (κ1) is 9.97. The van der Waals surface area contributed by atoms with E-state index in [0.29, 0.717) is 11.6 Å². The largest absolute Gasteiger partial charge is 0.461 e. The molecule has 0 N–H and O–H groups in total. The molecule has 1 aromatic carbocycles. The summed E-state index contributed by atoms with van der Waals surface area (Å²) in [5.74, 6) is 1.13. The van der Waals surface area contributed by atoms with E-state index in [-0.39, 0.29) is 0 Å². The summed E-state index contributed by atoms with van der Waals surface area (Å²) in [6.45, 7) is 0. The highest BCUT2D eigenvalue weighted by molar-refractivity contribution is 6.43. The SMILES string of the molecule is ClCc1ccc(OC(Cl)Cl)cc1. The third kappa shape index (κ3) is 3.10. The molecule has 1 nitrogen and oxygen atoms in total. The molecule has 0 aliphatic rings. The van der Waals surface area contributed by atoms with Crippen molar-refractivity contribution >= 4 is 34.8 Å². The van der Waals surface area contributed by atoms with Gasteiger partial charge in [-0.15, -0.1) is 11.6 Å². The Morgan fingerprint density at radius 3 is 2.17 bits per heavy atom. The van der Waals surface area contributed by atoms with Crippen LogP contribution in [0.4, 0.5) is 0 Å². The van der Waals surface area contributed by atoms with Crippen LogP contribution in [0.5, 0.6) is 5.75 Å². The van der Waals surface area contributed by atoms with Crippen molar-refractivity contribution in [1.82, 2.24) is 0 Å². The Kier molecular flexibility index (Phi) is 3.99. The molecule has 1 rings (SSSR count). The maximum atomic E-state index is 5.59. The van der Waals surface area contributed by atoms with Gasteiger partial charge in [-0.25, -0.2) is 0 Å². The van der Waals surface area contributed by atoms with Crippen molar-refractivity contribution in [3.8, 4) is 5.75 Å². The van der Waals surface area contributed by atoms with Gasteiger partial charge in [0.2, 0.25) is 5.02 Å².